The van der Waals surface area contributed by atoms with Crippen LogP contribution in [0.25, 0.3) is 0 Å². The molecule has 0 unspecified atom stereocenters. The first kappa shape index (κ1) is 18.6. The molecule has 25 heavy (non-hydrogen) atoms. The van der Waals surface area contributed by atoms with Crippen molar-refractivity contribution >= 4 is 27.7 Å². The van der Waals surface area contributed by atoms with Crippen LogP contribution in [0.15, 0.2) is 24.3 Å². The lowest BCUT2D eigenvalue weighted by Crippen LogP contribution is -2.47. The summed E-state index contributed by atoms with van der Waals surface area (Å²) in [5, 5.41) is 0.589. The Morgan fingerprint density at radius 1 is 0.800 bits per heavy atom. The van der Waals surface area contributed by atoms with E-state index in [2.05, 4.69) is 0 Å². The molecule has 8 heteroatoms. The fourth-order valence-electron chi connectivity index (χ4n) is 3.36. The summed E-state index contributed by atoms with van der Waals surface area (Å²) in [7, 11) is -3.42. The molecule has 138 valence electrons. The average Bonchev–Trinajstić information content (AvgIpc) is 2.89. The van der Waals surface area contributed by atoms with Gasteiger partial charge >= 0.3 is 0 Å². The summed E-state index contributed by atoms with van der Waals surface area (Å²) in [5.41, 5.74) is 0.580. The molecule has 2 aliphatic rings. The molecule has 2 fully saturated rings. The van der Waals surface area contributed by atoms with Crippen LogP contribution in [-0.4, -0.2) is 67.1 Å². The molecule has 2 aliphatic heterocycles. The second-order valence-corrected chi connectivity index (χ2v) is 8.88. The molecular weight excluding hydrogens is 362 g/mol. The van der Waals surface area contributed by atoms with Gasteiger partial charge in [0.1, 0.15) is 0 Å². The van der Waals surface area contributed by atoms with E-state index in [0.717, 1.165) is 19.3 Å². The van der Waals surface area contributed by atoms with Gasteiger partial charge in [-0.15, -0.1) is 0 Å². The van der Waals surface area contributed by atoms with E-state index < -0.39 is 10.2 Å². The number of nitrogens with zero attached hydrogens (tertiary/aromatic N) is 3. The van der Waals surface area contributed by atoms with Crippen molar-refractivity contribution in [3.8, 4) is 0 Å². The lowest BCUT2D eigenvalue weighted by Gasteiger charge is -2.31. The van der Waals surface area contributed by atoms with E-state index in [9.17, 15) is 13.2 Å². The van der Waals surface area contributed by atoms with Crippen molar-refractivity contribution in [1.29, 1.82) is 0 Å². The highest BCUT2D eigenvalue weighted by Gasteiger charge is 2.32. The maximum absolute atomic E-state index is 12.8. The van der Waals surface area contributed by atoms with Crippen LogP contribution < -0.4 is 0 Å². The first-order valence-electron chi connectivity index (χ1n) is 8.78. The minimum absolute atomic E-state index is 0.0751. The largest absolute Gasteiger partial charge is 0.337 e. The Hall–Kier alpha value is -1.15. The molecular formula is C17H24ClN3O3S. The first-order chi connectivity index (χ1) is 12.0. The molecule has 6 nitrogen and oxygen atoms in total. The van der Waals surface area contributed by atoms with Gasteiger partial charge in [0.2, 0.25) is 0 Å². The van der Waals surface area contributed by atoms with E-state index in [4.69, 9.17) is 11.6 Å². The van der Waals surface area contributed by atoms with Gasteiger partial charge < -0.3 is 4.90 Å². The highest BCUT2D eigenvalue weighted by Crippen LogP contribution is 2.19. The molecule has 3 rings (SSSR count). The van der Waals surface area contributed by atoms with E-state index in [1.165, 1.54) is 4.31 Å². The number of hydrogen-bond acceptors (Lipinski definition) is 3. The number of benzene rings is 1. The van der Waals surface area contributed by atoms with Crippen LogP contribution in [-0.2, 0) is 10.2 Å². The number of halogens is 1. The summed E-state index contributed by atoms with van der Waals surface area (Å²) in [6, 6.07) is 6.80. The van der Waals surface area contributed by atoms with Crippen molar-refractivity contribution in [1.82, 2.24) is 13.5 Å². The van der Waals surface area contributed by atoms with Crippen LogP contribution in [0, 0.1) is 0 Å². The maximum Gasteiger partial charge on any atom is 0.282 e. The normalized spacial score (nSPS) is 21.1. The van der Waals surface area contributed by atoms with Gasteiger partial charge in [-0.1, -0.05) is 18.0 Å². The third kappa shape index (κ3) is 4.34. The summed E-state index contributed by atoms with van der Waals surface area (Å²) in [6.07, 6.45) is 3.59. The van der Waals surface area contributed by atoms with Crippen LogP contribution in [0.2, 0.25) is 5.02 Å². The second kappa shape index (κ2) is 8.03. The lowest BCUT2D eigenvalue weighted by atomic mass is 10.2. The molecule has 1 aromatic rings. The molecule has 2 saturated heterocycles. The summed E-state index contributed by atoms with van der Waals surface area (Å²) >= 11 is 5.87. The molecule has 2 heterocycles. The molecule has 0 bridgehead atoms. The monoisotopic (exact) mass is 385 g/mol. The van der Waals surface area contributed by atoms with Crippen LogP contribution in [0.3, 0.4) is 0 Å². The van der Waals surface area contributed by atoms with Crippen molar-refractivity contribution in [3.63, 3.8) is 0 Å². The van der Waals surface area contributed by atoms with E-state index in [1.54, 1.807) is 33.5 Å². The standard InChI is InChI=1S/C17H24ClN3O3S/c18-16-7-5-15(6-8-16)17(22)19-9-4-12-21(14-13-19)25(23,24)20-10-2-1-3-11-20/h5-8H,1-4,9-14H2. The minimum atomic E-state index is -3.42. The van der Waals surface area contributed by atoms with Crippen molar-refractivity contribution in [2.75, 3.05) is 39.3 Å². The Kier molecular flexibility index (Phi) is 5.99. The number of carbonyl (C=O) groups excluding carboxylic acids is 1. The number of carbonyl (C=O) groups is 1. The SMILES string of the molecule is O=C(c1ccc(Cl)cc1)N1CCCN(S(=O)(=O)N2CCCCC2)CC1. The van der Waals surface area contributed by atoms with Gasteiger partial charge in [0.05, 0.1) is 0 Å². The fourth-order valence-corrected chi connectivity index (χ4v) is 5.21. The third-order valence-corrected chi connectivity index (χ3v) is 7.09. The molecule has 1 amide bonds. The number of hydrogen-bond donors (Lipinski definition) is 0. The minimum Gasteiger partial charge on any atom is -0.337 e. The Bertz CT molecular complexity index is 702. The summed E-state index contributed by atoms with van der Waals surface area (Å²) in [5.74, 6) is -0.0751. The summed E-state index contributed by atoms with van der Waals surface area (Å²) in [6.45, 7) is 2.99. The highest BCUT2D eigenvalue weighted by molar-refractivity contribution is 7.86. The third-order valence-electron chi connectivity index (χ3n) is 4.80. The van der Waals surface area contributed by atoms with Gasteiger partial charge in [0.25, 0.3) is 16.1 Å². The molecule has 0 saturated carbocycles. The fraction of sp³-hybridized carbons (Fsp3) is 0.588. The zero-order valence-electron chi connectivity index (χ0n) is 14.2. The predicted octanol–water partition coefficient (Wildman–Crippen LogP) is 2.22. The van der Waals surface area contributed by atoms with Gasteiger partial charge in [0, 0.05) is 49.9 Å². The van der Waals surface area contributed by atoms with Gasteiger partial charge in [-0.2, -0.15) is 17.0 Å². The van der Waals surface area contributed by atoms with E-state index in [1.807, 2.05) is 0 Å². The zero-order valence-corrected chi connectivity index (χ0v) is 15.8. The molecule has 0 atom stereocenters. The molecule has 0 spiro atoms. The van der Waals surface area contributed by atoms with Crippen molar-refractivity contribution in [2.24, 2.45) is 0 Å². The van der Waals surface area contributed by atoms with E-state index in [0.29, 0.717) is 56.3 Å². The first-order valence-corrected chi connectivity index (χ1v) is 10.6. The van der Waals surface area contributed by atoms with Crippen LogP contribution in [0.1, 0.15) is 36.0 Å². The van der Waals surface area contributed by atoms with Gasteiger partial charge in [-0.3, -0.25) is 4.79 Å². The van der Waals surface area contributed by atoms with Crippen molar-refractivity contribution < 1.29 is 13.2 Å². The molecule has 1 aromatic carbocycles. The zero-order chi connectivity index (χ0) is 17.9. The van der Waals surface area contributed by atoms with E-state index in [-0.39, 0.29) is 5.91 Å². The quantitative estimate of drug-likeness (QED) is 0.801. The second-order valence-electron chi connectivity index (χ2n) is 6.52. The topological polar surface area (TPSA) is 60.9 Å². The van der Waals surface area contributed by atoms with Crippen molar-refractivity contribution in [3.05, 3.63) is 34.9 Å². The molecule has 0 aromatic heterocycles. The Balaban J connectivity index is 1.65. The Morgan fingerprint density at radius 2 is 1.40 bits per heavy atom. The molecule has 0 N–H and O–H groups in total. The number of piperidine rings is 1. The summed E-state index contributed by atoms with van der Waals surface area (Å²) in [4.78, 5) is 14.4. The average molecular weight is 386 g/mol. The van der Waals surface area contributed by atoms with Gasteiger partial charge in [0.15, 0.2) is 0 Å². The smallest absolute Gasteiger partial charge is 0.282 e. The molecule has 0 radical (unpaired) electrons. The van der Waals surface area contributed by atoms with Gasteiger partial charge in [-0.05, 0) is 43.5 Å². The number of amides is 1. The van der Waals surface area contributed by atoms with Crippen LogP contribution in [0.4, 0.5) is 0 Å². The molecule has 0 aliphatic carbocycles. The maximum atomic E-state index is 12.8. The number of rotatable bonds is 3. The summed E-state index contributed by atoms with van der Waals surface area (Å²) < 4.78 is 28.7. The Morgan fingerprint density at radius 3 is 2.08 bits per heavy atom. The van der Waals surface area contributed by atoms with Gasteiger partial charge in [-0.25, -0.2) is 0 Å². The predicted molar refractivity (Wildman–Crippen MR) is 97.9 cm³/mol. The van der Waals surface area contributed by atoms with Crippen LogP contribution in [0.5, 0.6) is 0 Å². The van der Waals surface area contributed by atoms with Crippen LogP contribution >= 0.6 is 11.6 Å². The Labute approximate surface area is 154 Å². The highest BCUT2D eigenvalue weighted by atomic mass is 35.5. The van der Waals surface area contributed by atoms with Crippen molar-refractivity contribution in [2.45, 2.75) is 25.7 Å². The van der Waals surface area contributed by atoms with E-state index >= 15 is 0 Å². The lowest BCUT2D eigenvalue weighted by molar-refractivity contribution is 0.0764.